The van der Waals surface area contributed by atoms with Gasteiger partial charge in [-0.2, -0.15) is 0 Å². The predicted octanol–water partition coefficient (Wildman–Crippen LogP) is 1.60. The van der Waals surface area contributed by atoms with E-state index in [1.165, 1.54) is 18.2 Å². The van der Waals surface area contributed by atoms with Crippen molar-refractivity contribution in [3.05, 3.63) is 29.6 Å². The molecule has 3 amide bonds. The second kappa shape index (κ2) is 8.91. The van der Waals surface area contributed by atoms with Crippen molar-refractivity contribution in [2.45, 2.75) is 45.3 Å². The lowest BCUT2D eigenvalue weighted by molar-refractivity contribution is -0.138. The zero-order valence-electron chi connectivity index (χ0n) is 18.0. The first kappa shape index (κ1) is 22.5. The van der Waals surface area contributed by atoms with Crippen LogP contribution >= 0.6 is 0 Å². The van der Waals surface area contributed by atoms with Crippen molar-refractivity contribution in [2.75, 3.05) is 31.1 Å². The van der Waals surface area contributed by atoms with Gasteiger partial charge in [-0.3, -0.25) is 15.0 Å². The van der Waals surface area contributed by atoms with E-state index in [1.807, 2.05) is 0 Å². The SMILES string of the molecule is CC(C)(C)OC(=O)N1CCN(c2cc(C(=N)NC(=O)C(=O)NC3CC3)ccc2F)CC1. The molecule has 1 aliphatic heterocycles. The molecule has 3 N–H and O–H groups in total. The van der Waals surface area contributed by atoms with Gasteiger partial charge in [0.2, 0.25) is 0 Å². The molecule has 0 atom stereocenters. The first-order valence-electron chi connectivity index (χ1n) is 10.3. The van der Waals surface area contributed by atoms with Crippen LogP contribution in [0.1, 0.15) is 39.2 Å². The summed E-state index contributed by atoms with van der Waals surface area (Å²) in [5.74, 6) is -2.47. The molecule has 0 spiro atoms. The van der Waals surface area contributed by atoms with Crippen molar-refractivity contribution in [2.24, 2.45) is 0 Å². The molecule has 168 valence electrons. The smallest absolute Gasteiger partial charge is 0.410 e. The minimum absolute atomic E-state index is 0.0317. The molecular formula is C21H28FN5O4. The highest BCUT2D eigenvalue weighted by atomic mass is 19.1. The van der Waals surface area contributed by atoms with Gasteiger partial charge in [0.25, 0.3) is 0 Å². The summed E-state index contributed by atoms with van der Waals surface area (Å²) < 4.78 is 19.8. The number of nitrogens with one attached hydrogen (secondary N) is 3. The van der Waals surface area contributed by atoms with Crippen molar-refractivity contribution in [1.82, 2.24) is 15.5 Å². The zero-order valence-corrected chi connectivity index (χ0v) is 18.0. The largest absolute Gasteiger partial charge is 0.444 e. The number of carbonyl (C=O) groups is 3. The zero-order chi connectivity index (χ0) is 22.8. The molecule has 1 aliphatic carbocycles. The molecule has 0 aromatic heterocycles. The second-order valence-electron chi connectivity index (χ2n) is 8.70. The first-order chi connectivity index (χ1) is 14.5. The highest BCUT2D eigenvalue weighted by molar-refractivity contribution is 6.38. The summed E-state index contributed by atoms with van der Waals surface area (Å²) in [5.41, 5.74) is -0.0454. The molecule has 9 nitrogen and oxygen atoms in total. The van der Waals surface area contributed by atoms with Crippen LogP contribution in [0, 0.1) is 11.2 Å². The van der Waals surface area contributed by atoms with Gasteiger partial charge < -0.3 is 25.2 Å². The van der Waals surface area contributed by atoms with Gasteiger partial charge in [-0.15, -0.1) is 0 Å². The molecule has 0 bridgehead atoms. The first-order valence-corrected chi connectivity index (χ1v) is 10.3. The standard InChI is InChI=1S/C21H28FN5O4/c1-21(2,3)31-20(30)27-10-8-26(9-11-27)16-12-13(4-7-15(16)22)17(23)25-19(29)18(28)24-14-5-6-14/h4,7,12,14H,5-6,8-11H2,1-3H3,(H,24,28)(H2,23,25,29). The van der Waals surface area contributed by atoms with E-state index < -0.39 is 29.3 Å². The Balaban J connectivity index is 1.60. The fourth-order valence-corrected chi connectivity index (χ4v) is 3.09. The van der Waals surface area contributed by atoms with Gasteiger partial charge in [0.1, 0.15) is 17.3 Å². The number of hydrogen-bond donors (Lipinski definition) is 3. The molecule has 1 aromatic carbocycles. The molecular weight excluding hydrogens is 405 g/mol. The molecule has 2 fully saturated rings. The Morgan fingerprint density at radius 2 is 1.74 bits per heavy atom. The Labute approximate surface area is 180 Å². The fraction of sp³-hybridized carbons (Fsp3) is 0.524. The molecule has 31 heavy (non-hydrogen) atoms. The van der Waals surface area contributed by atoms with Crippen LogP contribution in [0.5, 0.6) is 0 Å². The summed E-state index contributed by atoms with van der Waals surface area (Å²) >= 11 is 0. The van der Waals surface area contributed by atoms with E-state index >= 15 is 0 Å². The molecule has 2 aliphatic rings. The second-order valence-corrected chi connectivity index (χ2v) is 8.70. The third-order valence-corrected chi connectivity index (χ3v) is 4.86. The van der Waals surface area contributed by atoms with Gasteiger partial charge >= 0.3 is 17.9 Å². The number of rotatable bonds is 3. The minimum atomic E-state index is -0.922. The van der Waals surface area contributed by atoms with Crippen molar-refractivity contribution in [3.63, 3.8) is 0 Å². The number of halogens is 1. The Kier molecular flexibility index (Phi) is 6.47. The maximum absolute atomic E-state index is 14.5. The number of carbonyl (C=O) groups excluding carboxylic acids is 3. The number of piperazine rings is 1. The Morgan fingerprint density at radius 3 is 2.32 bits per heavy atom. The number of anilines is 1. The maximum Gasteiger partial charge on any atom is 0.410 e. The number of amidine groups is 1. The number of amides is 3. The van der Waals surface area contributed by atoms with Crippen LogP contribution in [-0.4, -0.2) is 66.5 Å². The van der Waals surface area contributed by atoms with Crippen LogP contribution < -0.4 is 15.5 Å². The molecule has 10 heteroatoms. The summed E-state index contributed by atoms with van der Waals surface area (Å²) in [6.07, 6.45) is 1.29. The molecule has 0 unspecified atom stereocenters. The van der Waals surface area contributed by atoms with Crippen LogP contribution in [0.15, 0.2) is 18.2 Å². The highest BCUT2D eigenvalue weighted by Gasteiger charge is 2.28. The quantitative estimate of drug-likeness (QED) is 0.381. The van der Waals surface area contributed by atoms with Crippen LogP contribution in [0.2, 0.25) is 0 Å². The third-order valence-electron chi connectivity index (χ3n) is 4.86. The Bertz CT molecular complexity index is 886. The van der Waals surface area contributed by atoms with Crippen molar-refractivity contribution in [3.8, 4) is 0 Å². The average Bonchev–Trinajstić information content (AvgIpc) is 3.51. The van der Waals surface area contributed by atoms with E-state index in [9.17, 15) is 18.8 Å². The van der Waals surface area contributed by atoms with E-state index in [0.717, 1.165) is 12.8 Å². The summed E-state index contributed by atoms with van der Waals surface area (Å²) in [6, 6.07) is 4.08. The summed E-state index contributed by atoms with van der Waals surface area (Å²) in [7, 11) is 0. The van der Waals surface area contributed by atoms with Crippen LogP contribution in [0.25, 0.3) is 0 Å². The van der Waals surface area contributed by atoms with Gasteiger partial charge in [-0.05, 0) is 51.8 Å². The van der Waals surface area contributed by atoms with Gasteiger partial charge in [-0.25, -0.2) is 9.18 Å². The van der Waals surface area contributed by atoms with E-state index in [-0.39, 0.29) is 23.1 Å². The predicted molar refractivity (Wildman–Crippen MR) is 113 cm³/mol. The average molecular weight is 433 g/mol. The van der Waals surface area contributed by atoms with Crippen LogP contribution in [-0.2, 0) is 14.3 Å². The number of benzene rings is 1. The fourth-order valence-electron chi connectivity index (χ4n) is 3.09. The van der Waals surface area contributed by atoms with Gasteiger partial charge in [0, 0.05) is 37.8 Å². The lowest BCUT2D eigenvalue weighted by atomic mass is 10.1. The maximum atomic E-state index is 14.5. The molecule has 1 aromatic rings. The lowest BCUT2D eigenvalue weighted by Crippen LogP contribution is -2.50. The molecule has 1 saturated carbocycles. The van der Waals surface area contributed by atoms with Crippen molar-refractivity contribution >= 4 is 29.4 Å². The normalized spacial score (nSPS) is 16.5. The molecule has 3 rings (SSSR count). The molecule has 0 radical (unpaired) electrons. The van der Waals surface area contributed by atoms with Gasteiger partial charge in [0.15, 0.2) is 0 Å². The van der Waals surface area contributed by atoms with Crippen LogP contribution in [0.3, 0.4) is 0 Å². The molecule has 1 heterocycles. The van der Waals surface area contributed by atoms with Crippen molar-refractivity contribution < 1.29 is 23.5 Å². The van der Waals surface area contributed by atoms with Gasteiger partial charge in [0.05, 0.1) is 5.69 Å². The van der Waals surface area contributed by atoms with Crippen LogP contribution in [0.4, 0.5) is 14.9 Å². The van der Waals surface area contributed by atoms with E-state index in [2.05, 4.69) is 10.6 Å². The lowest BCUT2D eigenvalue weighted by Gasteiger charge is -2.37. The number of nitrogens with zero attached hydrogens (tertiary/aromatic N) is 2. The number of ether oxygens (including phenoxy) is 1. The minimum Gasteiger partial charge on any atom is -0.444 e. The molecule has 1 saturated heterocycles. The highest BCUT2D eigenvalue weighted by Crippen LogP contribution is 2.23. The monoisotopic (exact) mass is 433 g/mol. The van der Waals surface area contributed by atoms with E-state index in [4.69, 9.17) is 10.1 Å². The summed E-state index contributed by atoms with van der Waals surface area (Å²) in [5, 5.41) is 12.9. The van der Waals surface area contributed by atoms with Crippen molar-refractivity contribution in [1.29, 1.82) is 5.41 Å². The van der Waals surface area contributed by atoms with E-state index in [0.29, 0.717) is 26.2 Å². The topological polar surface area (TPSA) is 115 Å². The Hall–Kier alpha value is -3.17. The number of hydrogen-bond acceptors (Lipinski definition) is 6. The van der Waals surface area contributed by atoms with Gasteiger partial charge in [-0.1, -0.05) is 0 Å². The summed E-state index contributed by atoms with van der Waals surface area (Å²) in [6.45, 7) is 6.91. The third kappa shape index (κ3) is 6.16. The Morgan fingerprint density at radius 1 is 1.10 bits per heavy atom. The summed E-state index contributed by atoms with van der Waals surface area (Å²) in [4.78, 5) is 39.3. The van der Waals surface area contributed by atoms with E-state index in [1.54, 1.807) is 30.6 Å².